The third-order valence-electron chi connectivity index (χ3n) is 3.42. The summed E-state index contributed by atoms with van der Waals surface area (Å²) >= 11 is 5.97. The van der Waals surface area contributed by atoms with Crippen molar-refractivity contribution in [3.05, 3.63) is 59.1 Å². The van der Waals surface area contributed by atoms with Crippen molar-refractivity contribution in [1.29, 1.82) is 0 Å². The molecular weight excluding hydrogens is 350 g/mol. The van der Waals surface area contributed by atoms with Crippen LogP contribution in [-0.2, 0) is 14.8 Å². The minimum Gasteiger partial charge on any atom is -0.325 e. The molecule has 0 aliphatic carbocycles. The second-order valence-electron chi connectivity index (χ2n) is 5.11. The third kappa shape index (κ3) is 3.42. The fraction of sp³-hybridized carbons (Fsp3) is 0.125. The van der Waals surface area contributed by atoms with E-state index in [1.54, 1.807) is 42.5 Å². The molecule has 0 atom stereocenters. The predicted octanol–water partition coefficient (Wildman–Crippen LogP) is 2.41. The summed E-state index contributed by atoms with van der Waals surface area (Å²) in [5.41, 5.74) is 1.05. The highest BCUT2D eigenvalue weighted by Crippen LogP contribution is 2.22. The van der Waals surface area contributed by atoms with Gasteiger partial charge in [0.05, 0.1) is 22.2 Å². The van der Waals surface area contributed by atoms with Crippen LogP contribution in [-0.4, -0.2) is 26.7 Å². The van der Waals surface area contributed by atoms with Crippen LogP contribution in [0.2, 0.25) is 5.02 Å². The molecule has 0 saturated heterocycles. The van der Waals surface area contributed by atoms with E-state index in [1.807, 2.05) is 0 Å². The summed E-state index contributed by atoms with van der Waals surface area (Å²) in [6.45, 7) is 0.155. The smallest absolute Gasteiger partial charge is 0.263 e. The van der Waals surface area contributed by atoms with Gasteiger partial charge in [-0.25, -0.2) is 8.42 Å². The van der Waals surface area contributed by atoms with Crippen molar-refractivity contribution in [3.63, 3.8) is 0 Å². The Morgan fingerprint density at radius 3 is 2.62 bits per heavy atom. The molecule has 0 unspecified atom stereocenters. The fourth-order valence-corrected chi connectivity index (χ4v) is 3.73. The summed E-state index contributed by atoms with van der Waals surface area (Å²) in [6, 6.07) is 13.5. The Morgan fingerprint density at radius 2 is 1.83 bits per heavy atom. The Kier molecular flexibility index (Phi) is 4.55. The number of amidine groups is 1. The first-order valence-corrected chi connectivity index (χ1v) is 9.04. The van der Waals surface area contributed by atoms with E-state index in [-0.39, 0.29) is 29.6 Å². The number of halogens is 1. The van der Waals surface area contributed by atoms with Crippen molar-refractivity contribution < 1.29 is 13.2 Å². The number of nitrogens with one attached hydrogen (secondary N) is 2. The first kappa shape index (κ1) is 16.5. The molecule has 0 aromatic heterocycles. The highest BCUT2D eigenvalue weighted by Gasteiger charge is 2.29. The van der Waals surface area contributed by atoms with Gasteiger partial charge in [0, 0.05) is 12.0 Å². The zero-order chi connectivity index (χ0) is 17.2. The number of nitrogens with zero attached hydrogens (tertiary/aromatic N) is 1. The second kappa shape index (κ2) is 6.62. The summed E-state index contributed by atoms with van der Waals surface area (Å²) in [7, 11) is -3.56. The molecule has 2 aromatic rings. The molecule has 0 saturated carbocycles. The van der Waals surface area contributed by atoms with Crippen LogP contribution in [0, 0.1) is 0 Å². The van der Waals surface area contributed by atoms with Gasteiger partial charge in [-0.15, -0.1) is 0 Å². The number of hydrogen-bond acceptors (Lipinski definition) is 4. The molecular formula is C16H14ClN3O3S. The van der Waals surface area contributed by atoms with Crippen molar-refractivity contribution in [2.45, 2.75) is 11.3 Å². The van der Waals surface area contributed by atoms with E-state index in [1.165, 1.54) is 6.07 Å². The van der Waals surface area contributed by atoms with Crippen molar-refractivity contribution in [2.24, 2.45) is 4.99 Å². The molecule has 6 nitrogen and oxygen atoms in total. The molecule has 3 rings (SSSR count). The molecule has 0 fully saturated rings. The third-order valence-corrected chi connectivity index (χ3v) is 5.15. The Balaban J connectivity index is 1.65. The van der Waals surface area contributed by atoms with Crippen molar-refractivity contribution in [3.8, 4) is 0 Å². The SMILES string of the molecule is O=C(CCN=C1NS(=O)(=O)c2ccccc21)Nc1ccccc1Cl. The highest BCUT2D eigenvalue weighted by molar-refractivity contribution is 7.90. The molecule has 1 amide bonds. The summed E-state index contributed by atoms with van der Waals surface area (Å²) in [6.07, 6.45) is 0.110. The Hall–Kier alpha value is -2.38. The zero-order valence-corrected chi connectivity index (χ0v) is 14.1. The number of amides is 1. The number of aliphatic imine (C=N–C) groups is 1. The monoisotopic (exact) mass is 363 g/mol. The number of carbonyl (C=O) groups is 1. The molecule has 2 N–H and O–H groups in total. The lowest BCUT2D eigenvalue weighted by atomic mass is 10.2. The van der Waals surface area contributed by atoms with E-state index >= 15 is 0 Å². The zero-order valence-electron chi connectivity index (χ0n) is 12.5. The number of rotatable bonds is 4. The fourth-order valence-electron chi connectivity index (χ4n) is 2.30. The van der Waals surface area contributed by atoms with Gasteiger partial charge in [-0.2, -0.15) is 0 Å². The Labute approximate surface area is 144 Å². The molecule has 0 spiro atoms. The first-order chi connectivity index (χ1) is 11.5. The van der Waals surface area contributed by atoms with Crippen LogP contribution < -0.4 is 10.0 Å². The molecule has 1 heterocycles. The van der Waals surface area contributed by atoms with Crippen LogP contribution in [0.1, 0.15) is 12.0 Å². The molecule has 24 heavy (non-hydrogen) atoms. The molecule has 8 heteroatoms. The first-order valence-electron chi connectivity index (χ1n) is 7.18. The van der Waals surface area contributed by atoms with Crippen LogP contribution in [0.4, 0.5) is 5.69 Å². The lowest BCUT2D eigenvalue weighted by Crippen LogP contribution is -2.23. The van der Waals surface area contributed by atoms with Gasteiger partial charge >= 0.3 is 0 Å². The summed E-state index contributed by atoms with van der Waals surface area (Å²) in [4.78, 5) is 16.3. The molecule has 2 aromatic carbocycles. The molecule has 0 radical (unpaired) electrons. The minimum atomic E-state index is -3.56. The summed E-state index contributed by atoms with van der Waals surface area (Å²) in [5, 5.41) is 3.15. The van der Waals surface area contributed by atoms with E-state index in [4.69, 9.17) is 11.6 Å². The second-order valence-corrected chi connectivity index (χ2v) is 7.17. The number of sulfonamides is 1. The van der Waals surface area contributed by atoms with E-state index in [0.29, 0.717) is 16.3 Å². The number of anilines is 1. The Bertz CT molecular complexity index is 926. The molecule has 124 valence electrons. The average molecular weight is 364 g/mol. The van der Waals surface area contributed by atoms with Gasteiger partial charge < -0.3 is 5.32 Å². The van der Waals surface area contributed by atoms with Crippen LogP contribution in [0.5, 0.6) is 0 Å². The van der Waals surface area contributed by atoms with Crippen LogP contribution in [0.3, 0.4) is 0 Å². The van der Waals surface area contributed by atoms with Gasteiger partial charge in [-0.3, -0.25) is 14.5 Å². The van der Waals surface area contributed by atoms with Crippen LogP contribution in [0.25, 0.3) is 0 Å². The van der Waals surface area contributed by atoms with E-state index in [9.17, 15) is 13.2 Å². The number of benzene rings is 2. The van der Waals surface area contributed by atoms with Gasteiger partial charge in [-0.05, 0) is 24.3 Å². The highest BCUT2D eigenvalue weighted by atomic mass is 35.5. The lowest BCUT2D eigenvalue weighted by Gasteiger charge is -2.06. The summed E-state index contributed by atoms with van der Waals surface area (Å²) < 4.78 is 26.3. The van der Waals surface area contributed by atoms with Crippen molar-refractivity contribution in [1.82, 2.24) is 4.72 Å². The average Bonchev–Trinajstić information content (AvgIpc) is 2.81. The van der Waals surface area contributed by atoms with Crippen LogP contribution in [0.15, 0.2) is 58.4 Å². The van der Waals surface area contributed by atoms with E-state index in [0.717, 1.165) is 0 Å². The maximum atomic E-state index is 12.0. The van der Waals surface area contributed by atoms with Crippen LogP contribution >= 0.6 is 11.6 Å². The number of fused-ring (bicyclic) bond motifs is 1. The normalized spacial score (nSPS) is 16.5. The van der Waals surface area contributed by atoms with Gasteiger partial charge in [0.1, 0.15) is 5.84 Å². The van der Waals surface area contributed by atoms with Gasteiger partial charge in [-0.1, -0.05) is 35.9 Å². The van der Waals surface area contributed by atoms with Gasteiger partial charge in [0.15, 0.2) is 0 Å². The standard InChI is InChI=1S/C16H14ClN3O3S/c17-12-6-2-3-7-13(12)19-15(21)9-10-18-16-11-5-1-4-8-14(11)24(22,23)20-16/h1-8H,9-10H2,(H,18,20)(H,19,21). The topological polar surface area (TPSA) is 87.6 Å². The van der Waals surface area contributed by atoms with Gasteiger partial charge in [0.25, 0.3) is 10.0 Å². The number of hydrogen-bond donors (Lipinski definition) is 2. The molecule has 1 aliphatic rings. The maximum absolute atomic E-state index is 12.0. The molecule has 0 bridgehead atoms. The van der Waals surface area contributed by atoms with E-state index in [2.05, 4.69) is 15.0 Å². The minimum absolute atomic E-state index is 0.110. The number of para-hydroxylation sites is 1. The van der Waals surface area contributed by atoms with Crippen molar-refractivity contribution in [2.75, 3.05) is 11.9 Å². The summed E-state index contributed by atoms with van der Waals surface area (Å²) in [5.74, 6) is 0.0118. The lowest BCUT2D eigenvalue weighted by molar-refractivity contribution is -0.116. The predicted molar refractivity (Wildman–Crippen MR) is 92.9 cm³/mol. The largest absolute Gasteiger partial charge is 0.325 e. The quantitative estimate of drug-likeness (QED) is 0.874. The maximum Gasteiger partial charge on any atom is 0.263 e. The number of carbonyl (C=O) groups excluding carboxylic acids is 1. The van der Waals surface area contributed by atoms with Gasteiger partial charge in [0.2, 0.25) is 5.91 Å². The molecule has 1 aliphatic heterocycles. The van der Waals surface area contributed by atoms with E-state index < -0.39 is 10.0 Å². The van der Waals surface area contributed by atoms with Crippen molar-refractivity contribution >= 4 is 39.1 Å². The Morgan fingerprint density at radius 1 is 1.12 bits per heavy atom.